The van der Waals surface area contributed by atoms with E-state index in [1.165, 1.54) is 13.2 Å². The first kappa shape index (κ1) is 20.0. The van der Waals surface area contributed by atoms with Crippen molar-refractivity contribution in [2.75, 3.05) is 12.4 Å². The molecule has 0 saturated carbocycles. The van der Waals surface area contributed by atoms with Gasteiger partial charge in [0.05, 0.1) is 12.6 Å². The molecule has 1 unspecified atom stereocenters. The lowest BCUT2D eigenvalue weighted by molar-refractivity contribution is 0.242. The van der Waals surface area contributed by atoms with Crippen LogP contribution in [0.5, 0.6) is 11.5 Å². The average Bonchev–Trinajstić information content (AvgIpc) is 2.71. The van der Waals surface area contributed by atoms with Gasteiger partial charge in [0, 0.05) is 33.0 Å². The van der Waals surface area contributed by atoms with E-state index in [0.717, 1.165) is 44.8 Å². The molecule has 0 aliphatic carbocycles. The van der Waals surface area contributed by atoms with E-state index in [2.05, 4.69) is 44.3 Å². The van der Waals surface area contributed by atoms with Crippen LogP contribution in [0.3, 0.4) is 0 Å². The maximum absolute atomic E-state index is 14.6. The smallest absolute Gasteiger partial charge is 0.165 e. The Labute approximate surface area is 186 Å². The highest BCUT2D eigenvalue weighted by atomic mass is 35.5. The fourth-order valence-electron chi connectivity index (χ4n) is 4.73. The van der Waals surface area contributed by atoms with Crippen LogP contribution in [0, 0.1) is 5.82 Å². The van der Waals surface area contributed by atoms with Crippen molar-refractivity contribution < 1.29 is 13.9 Å². The summed E-state index contributed by atoms with van der Waals surface area (Å²) in [6.07, 6.45) is 1.75. The quantitative estimate of drug-likeness (QED) is 0.460. The van der Waals surface area contributed by atoms with Crippen molar-refractivity contribution in [2.45, 2.75) is 32.4 Å². The van der Waals surface area contributed by atoms with Crippen molar-refractivity contribution in [3.05, 3.63) is 82.1 Å². The van der Waals surface area contributed by atoms with Crippen LogP contribution in [-0.4, -0.2) is 12.6 Å². The van der Waals surface area contributed by atoms with Crippen LogP contribution in [0.25, 0.3) is 16.7 Å². The number of ether oxygens (including phenoxy) is 2. The van der Waals surface area contributed by atoms with Gasteiger partial charge in [0.1, 0.15) is 5.75 Å². The molecule has 1 N–H and O–H groups in total. The van der Waals surface area contributed by atoms with E-state index in [9.17, 15) is 4.39 Å². The Morgan fingerprint density at radius 1 is 1.06 bits per heavy atom. The Hall–Kier alpha value is -2.98. The number of allylic oxidation sites excluding steroid dienone is 1. The minimum atomic E-state index is -0.467. The Bertz CT molecular complexity index is 1250. The van der Waals surface area contributed by atoms with Gasteiger partial charge in [0.25, 0.3) is 0 Å². The summed E-state index contributed by atoms with van der Waals surface area (Å²) >= 11 is 6.32. The van der Waals surface area contributed by atoms with Crippen LogP contribution < -0.4 is 14.8 Å². The standard InChI is InChI=1S/C26H23ClFNO2/c1-14-13-26(2,3)29-20-8-7-17-18-12-16(27)6-10-21(18)31-25(24(17)23(14)20)15-5-9-22(30-4)19(28)11-15/h5-13,25,29H,1-4H3. The zero-order valence-electron chi connectivity index (χ0n) is 17.8. The molecule has 2 heterocycles. The fraction of sp³-hybridized carbons (Fsp3) is 0.231. The molecule has 1 atom stereocenters. The summed E-state index contributed by atoms with van der Waals surface area (Å²) in [5.74, 6) is 0.522. The number of anilines is 1. The van der Waals surface area contributed by atoms with E-state index >= 15 is 0 Å². The molecule has 31 heavy (non-hydrogen) atoms. The Morgan fingerprint density at radius 2 is 1.87 bits per heavy atom. The third-order valence-electron chi connectivity index (χ3n) is 5.89. The van der Waals surface area contributed by atoms with Gasteiger partial charge in [-0.25, -0.2) is 4.39 Å². The van der Waals surface area contributed by atoms with Crippen LogP contribution in [0.1, 0.15) is 43.6 Å². The zero-order chi connectivity index (χ0) is 21.9. The van der Waals surface area contributed by atoms with E-state index < -0.39 is 11.9 Å². The molecular weight excluding hydrogens is 413 g/mol. The van der Waals surface area contributed by atoms with Crippen LogP contribution in [0.2, 0.25) is 5.02 Å². The largest absolute Gasteiger partial charge is 0.494 e. The molecule has 2 aliphatic heterocycles. The van der Waals surface area contributed by atoms with Crippen molar-refractivity contribution in [1.29, 1.82) is 0 Å². The molecule has 0 saturated heterocycles. The van der Waals surface area contributed by atoms with Crippen molar-refractivity contribution >= 4 is 22.9 Å². The Balaban J connectivity index is 1.79. The molecule has 5 heteroatoms. The number of methoxy groups -OCH3 is 1. The molecule has 0 amide bonds. The molecule has 3 aromatic carbocycles. The van der Waals surface area contributed by atoms with Gasteiger partial charge in [-0.2, -0.15) is 0 Å². The maximum Gasteiger partial charge on any atom is 0.165 e. The molecule has 0 fully saturated rings. The Morgan fingerprint density at radius 3 is 2.61 bits per heavy atom. The summed E-state index contributed by atoms with van der Waals surface area (Å²) in [6, 6.07) is 14.8. The van der Waals surface area contributed by atoms with Crippen molar-refractivity contribution in [3.63, 3.8) is 0 Å². The summed E-state index contributed by atoms with van der Waals surface area (Å²) in [5.41, 5.74) is 6.83. The lowest BCUT2D eigenvalue weighted by Crippen LogP contribution is -2.32. The summed E-state index contributed by atoms with van der Waals surface area (Å²) in [5, 5.41) is 4.25. The highest BCUT2D eigenvalue weighted by molar-refractivity contribution is 6.31. The highest BCUT2D eigenvalue weighted by Gasteiger charge is 2.34. The first-order chi connectivity index (χ1) is 14.8. The summed E-state index contributed by atoms with van der Waals surface area (Å²) < 4.78 is 26.2. The van der Waals surface area contributed by atoms with Crippen molar-refractivity contribution in [3.8, 4) is 22.6 Å². The number of benzene rings is 3. The number of rotatable bonds is 2. The maximum atomic E-state index is 14.6. The second kappa shape index (κ2) is 7.03. The molecule has 0 aromatic heterocycles. The number of nitrogens with one attached hydrogen (secondary N) is 1. The van der Waals surface area contributed by atoms with Crippen molar-refractivity contribution in [1.82, 2.24) is 0 Å². The molecule has 0 spiro atoms. The molecule has 5 rings (SSSR count). The predicted octanol–water partition coefficient (Wildman–Crippen LogP) is 7.24. The molecule has 0 bridgehead atoms. The lowest BCUT2D eigenvalue weighted by atomic mass is 9.80. The molecule has 2 aliphatic rings. The van der Waals surface area contributed by atoms with E-state index in [-0.39, 0.29) is 11.3 Å². The third kappa shape index (κ3) is 3.26. The molecule has 0 radical (unpaired) electrons. The number of fused-ring (bicyclic) bond motifs is 5. The normalized spacial score (nSPS) is 18.0. The molecular formula is C26H23ClFNO2. The van der Waals surface area contributed by atoms with Gasteiger partial charge in [-0.3, -0.25) is 0 Å². The fourth-order valence-corrected chi connectivity index (χ4v) is 4.91. The van der Waals surface area contributed by atoms with Gasteiger partial charge in [-0.05, 0) is 68.3 Å². The predicted molar refractivity (Wildman–Crippen MR) is 124 cm³/mol. The van der Waals surface area contributed by atoms with Gasteiger partial charge < -0.3 is 14.8 Å². The minimum absolute atomic E-state index is 0.163. The van der Waals surface area contributed by atoms with Gasteiger partial charge in [0.2, 0.25) is 0 Å². The van der Waals surface area contributed by atoms with Crippen LogP contribution in [0.4, 0.5) is 10.1 Å². The second-order valence-corrected chi connectivity index (χ2v) is 9.09. The first-order valence-corrected chi connectivity index (χ1v) is 10.6. The van der Waals surface area contributed by atoms with E-state index in [4.69, 9.17) is 21.1 Å². The number of halogens is 2. The van der Waals surface area contributed by atoms with Gasteiger partial charge >= 0.3 is 0 Å². The van der Waals surface area contributed by atoms with Crippen LogP contribution in [-0.2, 0) is 0 Å². The summed E-state index contributed by atoms with van der Waals surface area (Å²) in [7, 11) is 1.46. The molecule has 3 aromatic rings. The highest BCUT2D eigenvalue weighted by Crippen LogP contribution is 2.51. The number of hydrogen-bond donors (Lipinski definition) is 1. The van der Waals surface area contributed by atoms with Gasteiger partial charge in [-0.15, -0.1) is 0 Å². The van der Waals surface area contributed by atoms with Crippen molar-refractivity contribution in [2.24, 2.45) is 0 Å². The second-order valence-electron chi connectivity index (χ2n) is 8.66. The van der Waals surface area contributed by atoms with E-state index in [1.54, 1.807) is 6.07 Å². The topological polar surface area (TPSA) is 30.5 Å². The van der Waals surface area contributed by atoms with Gasteiger partial charge in [0.15, 0.2) is 17.7 Å². The third-order valence-corrected chi connectivity index (χ3v) is 6.13. The average molecular weight is 436 g/mol. The first-order valence-electron chi connectivity index (χ1n) is 10.2. The monoisotopic (exact) mass is 435 g/mol. The SMILES string of the molecule is COc1ccc(C2Oc3ccc(Cl)cc3-c3ccc4c(c32)C(C)=CC(C)(C)N4)cc1F. The van der Waals surface area contributed by atoms with E-state index in [0.29, 0.717) is 5.02 Å². The minimum Gasteiger partial charge on any atom is -0.494 e. The zero-order valence-corrected chi connectivity index (χ0v) is 18.6. The van der Waals surface area contributed by atoms with Crippen LogP contribution >= 0.6 is 11.6 Å². The molecule has 3 nitrogen and oxygen atoms in total. The van der Waals surface area contributed by atoms with E-state index in [1.807, 2.05) is 24.3 Å². The Kier molecular flexibility index (Phi) is 4.52. The lowest BCUT2D eigenvalue weighted by Gasteiger charge is -2.37. The molecule has 158 valence electrons. The summed E-state index contributed by atoms with van der Waals surface area (Å²) in [4.78, 5) is 0. The van der Waals surface area contributed by atoms with Gasteiger partial charge in [-0.1, -0.05) is 29.8 Å². The van der Waals surface area contributed by atoms with Crippen LogP contribution in [0.15, 0.2) is 54.6 Å². The summed E-state index contributed by atoms with van der Waals surface area (Å²) in [6.45, 7) is 6.39. The number of hydrogen-bond acceptors (Lipinski definition) is 3.